The minimum absolute atomic E-state index is 0.588. The molecule has 4 aromatic rings. The standard InChI is InChI=1S/2C29H42N2/c1-20(2)15-24-11-9-13-28(26(24)17-22(5)6)30-19-31-29-14-10-12-25(16-21(3)4)27(29)18-23(7)8;1-5-9-15-24-19-13-20-25(16-10-6-2)28(24)30-23-31-29-26(17-11-7-3)21-14-22-27(29)18-12-8-4/h9-14,20-23H,15-18H2,1-8H3;13-14,19-22H,5-12,15-18H2,1-4H3. The van der Waals surface area contributed by atoms with Crippen molar-refractivity contribution in [1.29, 1.82) is 0 Å². The molecule has 0 amide bonds. The van der Waals surface area contributed by atoms with Crippen LogP contribution in [0.4, 0.5) is 22.7 Å². The van der Waals surface area contributed by atoms with Gasteiger partial charge in [-0.15, -0.1) is 0 Å². The molecule has 4 heteroatoms. The number of benzene rings is 4. The van der Waals surface area contributed by atoms with Crippen molar-refractivity contribution in [2.24, 2.45) is 43.6 Å². The Labute approximate surface area is 380 Å². The van der Waals surface area contributed by atoms with Gasteiger partial charge in [0.05, 0.1) is 22.7 Å². The Balaban J connectivity index is 0.000000330. The van der Waals surface area contributed by atoms with E-state index in [0.29, 0.717) is 23.7 Å². The molecule has 0 saturated heterocycles. The van der Waals surface area contributed by atoms with Crippen LogP contribution in [0.3, 0.4) is 0 Å². The fraction of sp³-hybridized carbons (Fsp3) is 0.552. The van der Waals surface area contributed by atoms with Crippen molar-refractivity contribution in [2.45, 2.75) is 186 Å². The normalized spacial score (nSPS) is 11.1. The van der Waals surface area contributed by atoms with E-state index in [-0.39, 0.29) is 0 Å². The van der Waals surface area contributed by atoms with Crippen LogP contribution in [0, 0.1) is 23.7 Å². The summed E-state index contributed by atoms with van der Waals surface area (Å²) in [5.74, 6) is 2.43. The number of para-hydroxylation sites is 2. The molecule has 62 heavy (non-hydrogen) atoms. The monoisotopic (exact) mass is 837 g/mol. The minimum atomic E-state index is 0.588. The molecular formula is C58H84N4. The molecule has 4 nitrogen and oxygen atoms in total. The Morgan fingerprint density at radius 2 is 0.629 bits per heavy atom. The number of aliphatic imine (C=N–C) groups is 4. The highest BCUT2D eigenvalue weighted by Crippen LogP contribution is 2.32. The Bertz CT molecular complexity index is 1840. The van der Waals surface area contributed by atoms with Crippen LogP contribution in [-0.2, 0) is 51.4 Å². The van der Waals surface area contributed by atoms with Crippen molar-refractivity contribution in [2.75, 3.05) is 0 Å². The van der Waals surface area contributed by atoms with E-state index >= 15 is 0 Å². The third-order valence-electron chi connectivity index (χ3n) is 11.2. The highest BCUT2D eigenvalue weighted by molar-refractivity contribution is 5.66. The second kappa shape index (κ2) is 29.1. The number of aryl methyl sites for hydroxylation is 4. The lowest BCUT2D eigenvalue weighted by molar-refractivity contribution is 0.616. The third-order valence-corrected chi connectivity index (χ3v) is 11.2. The van der Waals surface area contributed by atoms with E-state index in [1.165, 1.54) is 95.9 Å². The molecule has 0 aliphatic heterocycles. The van der Waals surface area contributed by atoms with Crippen LogP contribution in [0.15, 0.2) is 92.8 Å². The van der Waals surface area contributed by atoms with E-state index in [9.17, 15) is 0 Å². The third kappa shape index (κ3) is 18.2. The van der Waals surface area contributed by atoms with E-state index in [1.807, 2.05) is 0 Å². The van der Waals surface area contributed by atoms with Gasteiger partial charge in [-0.3, -0.25) is 0 Å². The maximum absolute atomic E-state index is 4.83. The summed E-state index contributed by atoms with van der Waals surface area (Å²) in [5, 5.41) is 0. The van der Waals surface area contributed by atoms with Gasteiger partial charge in [-0.2, -0.15) is 20.0 Å². The summed E-state index contributed by atoms with van der Waals surface area (Å²) in [6.45, 7) is 27.2. The molecule has 0 aliphatic rings. The van der Waals surface area contributed by atoms with E-state index in [2.05, 4.69) is 168 Å². The van der Waals surface area contributed by atoms with Crippen LogP contribution < -0.4 is 0 Å². The molecule has 0 spiro atoms. The molecule has 336 valence electrons. The smallest absolute Gasteiger partial charge is 0.101 e. The van der Waals surface area contributed by atoms with Gasteiger partial charge in [-0.1, -0.05) is 169 Å². The number of hydrogen-bond donors (Lipinski definition) is 0. The molecule has 0 saturated carbocycles. The fourth-order valence-electron chi connectivity index (χ4n) is 8.11. The lowest BCUT2D eigenvalue weighted by atomic mass is 9.91. The highest BCUT2D eigenvalue weighted by atomic mass is 14.8. The van der Waals surface area contributed by atoms with Crippen molar-refractivity contribution in [3.05, 3.63) is 117 Å². The number of rotatable bonds is 24. The lowest BCUT2D eigenvalue weighted by Crippen LogP contribution is -2.03. The van der Waals surface area contributed by atoms with E-state index < -0.39 is 0 Å². The van der Waals surface area contributed by atoms with Gasteiger partial charge >= 0.3 is 0 Å². The highest BCUT2D eigenvalue weighted by Gasteiger charge is 2.14. The van der Waals surface area contributed by atoms with E-state index in [1.54, 1.807) is 0 Å². The molecule has 0 atom stereocenters. The summed E-state index contributed by atoms with van der Waals surface area (Å²) in [6, 6.07) is 32.4. The first-order chi connectivity index (χ1) is 29.9. The Hall–Kier alpha value is -4.36. The topological polar surface area (TPSA) is 49.4 Å². The van der Waals surface area contributed by atoms with E-state index in [4.69, 9.17) is 20.0 Å². The maximum atomic E-state index is 4.83. The van der Waals surface area contributed by atoms with Crippen molar-refractivity contribution >= 4 is 34.8 Å². The van der Waals surface area contributed by atoms with Gasteiger partial charge in [0, 0.05) is 0 Å². The summed E-state index contributed by atoms with van der Waals surface area (Å²) in [6.07, 6.45) is 18.1. The van der Waals surface area contributed by atoms with Crippen molar-refractivity contribution in [1.82, 2.24) is 0 Å². The van der Waals surface area contributed by atoms with Gasteiger partial charge in [0.15, 0.2) is 0 Å². The molecule has 0 aromatic heterocycles. The number of nitrogens with zero attached hydrogens (tertiary/aromatic N) is 4. The molecule has 0 unspecified atom stereocenters. The van der Waals surface area contributed by atoms with Gasteiger partial charge in [0.25, 0.3) is 0 Å². The minimum Gasteiger partial charge on any atom is -0.187 e. The second-order valence-corrected chi connectivity index (χ2v) is 19.1. The van der Waals surface area contributed by atoms with Crippen LogP contribution in [-0.4, -0.2) is 12.0 Å². The average molecular weight is 837 g/mol. The first-order valence-electron chi connectivity index (χ1n) is 24.7. The van der Waals surface area contributed by atoms with Crippen LogP contribution in [0.25, 0.3) is 0 Å². The zero-order chi connectivity index (χ0) is 45.3. The zero-order valence-corrected chi connectivity index (χ0v) is 41.3. The van der Waals surface area contributed by atoms with Gasteiger partial charge in [0.1, 0.15) is 12.0 Å². The van der Waals surface area contributed by atoms with Crippen molar-refractivity contribution in [3.63, 3.8) is 0 Å². The Morgan fingerprint density at radius 3 is 0.919 bits per heavy atom. The van der Waals surface area contributed by atoms with Gasteiger partial charge in [0.2, 0.25) is 0 Å². The van der Waals surface area contributed by atoms with Crippen molar-refractivity contribution in [3.8, 4) is 0 Å². The predicted molar refractivity (Wildman–Crippen MR) is 273 cm³/mol. The Morgan fingerprint density at radius 1 is 0.355 bits per heavy atom. The van der Waals surface area contributed by atoms with Gasteiger partial charge in [-0.05, 0) is 157 Å². The lowest BCUT2D eigenvalue weighted by Gasteiger charge is -2.16. The predicted octanol–water partition coefficient (Wildman–Crippen LogP) is 17.8. The molecule has 4 rings (SSSR count). The van der Waals surface area contributed by atoms with Crippen LogP contribution in [0.5, 0.6) is 0 Å². The fourth-order valence-corrected chi connectivity index (χ4v) is 8.11. The molecule has 0 N–H and O–H groups in total. The molecule has 0 bridgehead atoms. The molecule has 0 radical (unpaired) electrons. The second-order valence-electron chi connectivity index (χ2n) is 19.1. The molecule has 0 aliphatic carbocycles. The van der Waals surface area contributed by atoms with Crippen molar-refractivity contribution < 1.29 is 0 Å². The summed E-state index contributed by atoms with van der Waals surface area (Å²) >= 11 is 0. The molecule has 0 heterocycles. The van der Waals surface area contributed by atoms with Crippen LogP contribution >= 0.6 is 0 Å². The summed E-state index contributed by atoms with van der Waals surface area (Å²) in [7, 11) is 0. The van der Waals surface area contributed by atoms with E-state index in [0.717, 1.165) is 74.1 Å². The largest absolute Gasteiger partial charge is 0.187 e. The van der Waals surface area contributed by atoms with Crippen LogP contribution in [0.2, 0.25) is 0 Å². The van der Waals surface area contributed by atoms with Gasteiger partial charge in [-0.25, -0.2) is 0 Å². The van der Waals surface area contributed by atoms with Crippen LogP contribution in [0.1, 0.15) is 179 Å². The SMILES string of the molecule is CC(C)Cc1cccc(N=C=Nc2cccc(CC(C)C)c2CC(C)C)c1CC(C)C.CCCCc1cccc(CCCC)c1N=C=Nc1c(CCCC)cccc1CCCC. The number of unbranched alkanes of at least 4 members (excludes halogenated alkanes) is 4. The molecular weight excluding hydrogens is 753 g/mol. The summed E-state index contributed by atoms with van der Waals surface area (Å²) < 4.78 is 0. The van der Waals surface area contributed by atoms with Gasteiger partial charge < -0.3 is 0 Å². The summed E-state index contributed by atoms with van der Waals surface area (Å²) in [5.41, 5.74) is 15.1. The maximum Gasteiger partial charge on any atom is 0.101 e. The summed E-state index contributed by atoms with van der Waals surface area (Å²) in [4.78, 5) is 19.1. The number of hydrogen-bond acceptors (Lipinski definition) is 4. The Kier molecular flexibility index (Phi) is 24.4. The average Bonchev–Trinajstić information content (AvgIpc) is 3.23. The first-order valence-corrected chi connectivity index (χ1v) is 24.7. The quantitative estimate of drug-likeness (QED) is 0.0631. The zero-order valence-electron chi connectivity index (χ0n) is 41.3. The molecule has 0 fully saturated rings. The molecule has 4 aromatic carbocycles. The first kappa shape index (κ1) is 52.0.